The van der Waals surface area contributed by atoms with E-state index in [9.17, 15) is 14.4 Å². The Balaban J connectivity index is 1.31. The fraction of sp³-hybridized carbons (Fsp3) is 0.450. The van der Waals surface area contributed by atoms with Gasteiger partial charge in [-0.05, 0) is 44.7 Å². The number of hydrogen-bond acceptors (Lipinski definition) is 6. The van der Waals surface area contributed by atoms with Gasteiger partial charge in [-0.3, -0.25) is 14.4 Å². The first-order chi connectivity index (χ1) is 14.0. The van der Waals surface area contributed by atoms with E-state index in [1.807, 2.05) is 31.2 Å². The molecule has 0 unspecified atom stereocenters. The van der Waals surface area contributed by atoms with Crippen molar-refractivity contribution in [3.05, 3.63) is 39.8 Å². The maximum atomic E-state index is 12.7. The minimum atomic E-state index is -0.388. The van der Waals surface area contributed by atoms with E-state index in [1.165, 1.54) is 0 Å². The number of nitrogens with one attached hydrogen (secondary N) is 2. The number of aryl methyl sites for hydroxylation is 1. The second-order valence-electron chi connectivity index (χ2n) is 7.58. The molecule has 1 saturated heterocycles. The highest BCUT2D eigenvalue weighted by Crippen LogP contribution is 2.24. The first kappa shape index (κ1) is 19.5. The monoisotopic (exact) mass is 413 g/mol. The zero-order chi connectivity index (χ0) is 20.4. The van der Waals surface area contributed by atoms with Crippen molar-refractivity contribution in [3.63, 3.8) is 0 Å². The van der Waals surface area contributed by atoms with Gasteiger partial charge in [-0.2, -0.15) is 0 Å². The van der Waals surface area contributed by atoms with Crippen molar-refractivity contribution in [2.45, 2.75) is 38.6 Å². The average molecular weight is 414 g/mol. The topological polar surface area (TPSA) is 104 Å². The molecule has 0 bridgehead atoms. The highest BCUT2D eigenvalue weighted by Gasteiger charge is 2.32. The van der Waals surface area contributed by atoms with E-state index in [1.54, 1.807) is 4.90 Å². The summed E-state index contributed by atoms with van der Waals surface area (Å²) < 4.78 is 0. The van der Waals surface area contributed by atoms with Gasteiger partial charge in [-0.1, -0.05) is 29.0 Å². The van der Waals surface area contributed by atoms with E-state index < -0.39 is 0 Å². The number of hydrogen-bond donors (Lipinski definition) is 2. The Hall–Kier alpha value is -2.81. The van der Waals surface area contributed by atoms with Crippen molar-refractivity contribution in [1.29, 1.82) is 0 Å². The van der Waals surface area contributed by atoms with Crippen molar-refractivity contribution < 1.29 is 14.4 Å². The molecular weight excluding hydrogens is 390 g/mol. The third-order valence-corrected chi connectivity index (χ3v) is 6.10. The number of carbonyl (C=O) groups is 3. The molecule has 2 aliphatic rings. The van der Waals surface area contributed by atoms with Crippen LogP contribution in [0.3, 0.4) is 0 Å². The van der Waals surface area contributed by atoms with Crippen LogP contribution in [-0.2, 0) is 4.79 Å². The number of carbonyl (C=O) groups excluding carboxylic acids is 3. The van der Waals surface area contributed by atoms with Crippen LogP contribution in [0.4, 0.5) is 5.69 Å². The fourth-order valence-electron chi connectivity index (χ4n) is 3.25. The molecule has 0 spiro atoms. The van der Waals surface area contributed by atoms with Crippen LogP contribution in [0, 0.1) is 12.8 Å². The quantitative estimate of drug-likeness (QED) is 0.782. The van der Waals surface area contributed by atoms with Gasteiger partial charge in [0, 0.05) is 30.7 Å². The van der Waals surface area contributed by atoms with Crippen molar-refractivity contribution in [3.8, 4) is 0 Å². The first-order valence-electron chi connectivity index (χ1n) is 9.81. The molecule has 2 heterocycles. The molecular formula is C20H23N5O3S. The zero-order valence-corrected chi connectivity index (χ0v) is 17.0. The van der Waals surface area contributed by atoms with Gasteiger partial charge in [0.1, 0.15) is 0 Å². The molecule has 9 heteroatoms. The summed E-state index contributed by atoms with van der Waals surface area (Å²) in [5, 5.41) is 13.9. The van der Waals surface area contributed by atoms with E-state index in [4.69, 9.17) is 0 Å². The molecule has 1 aromatic carbocycles. The number of likely N-dealkylation sites (tertiary alicyclic amines) is 1. The van der Waals surface area contributed by atoms with Gasteiger partial charge in [-0.15, -0.1) is 10.2 Å². The van der Waals surface area contributed by atoms with E-state index in [0.29, 0.717) is 37.7 Å². The molecule has 1 saturated carbocycles. The SMILES string of the molecule is Cc1ccc(NC(=O)c2nnc(C(=O)N3CCC(C(=O)NC4CC4)CC3)s2)cc1. The Labute approximate surface area is 172 Å². The number of piperidine rings is 1. The highest BCUT2D eigenvalue weighted by molar-refractivity contribution is 7.15. The summed E-state index contributed by atoms with van der Waals surface area (Å²) in [7, 11) is 0. The van der Waals surface area contributed by atoms with Crippen LogP contribution < -0.4 is 10.6 Å². The summed E-state index contributed by atoms with van der Waals surface area (Å²) in [6, 6.07) is 7.78. The Morgan fingerprint density at radius 3 is 2.31 bits per heavy atom. The number of rotatable bonds is 5. The molecule has 3 amide bonds. The van der Waals surface area contributed by atoms with Gasteiger partial charge in [-0.25, -0.2) is 0 Å². The van der Waals surface area contributed by atoms with Crippen LogP contribution in [0.25, 0.3) is 0 Å². The minimum absolute atomic E-state index is 0.0371. The second kappa shape index (κ2) is 8.28. The number of anilines is 1. The summed E-state index contributed by atoms with van der Waals surface area (Å²) >= 11 is 0.984. The molecule has 4 rings (SSSR count). The Kier molecular flexibility index (Phi) is 5.57. The van der Waals surface area contributed by atoms with Gasteiger partial charge in [0.05, 0.1) is 0 Å². The van der Waals surface area contributed by atoms with Crippen molar-refractivity contribution in [1.82, 2.24) is 20.4 Å². The third kappa shape index (κ3) is 4.79. The van der Waals surface area contributed by atoms with E-state index in [-0.39, 0.29) is 33.7 Å². The lowest BCUT2D eigenvalue weighted by Gasteiger charge is -2.30. The average Bonchev–Trinajstić information content (AvgIpc) is 3.40. The number of aromatic nitrogens is 2. The predicted octanol–water partition coefficient (Wildman–Crippen LogP) is 2.23. The number of nitrogens with zero attached hydrogens (tertiary/aromatic N) is 3. The van der Waals surface area contributed by atoms with Gasteiger partial charge < -0.3 is 15.5 Å². The van der Waals surface area contributed by atoms with Gasteiger partial charge >= 0.3 is 0 Å². The molecule has 152 valence electrons. The van der Waals surface area contributed by atoms with E-state index >= 15 is 0 Å². The Morgan fingerprint density at radius 1 is 1.00 bits per heavy atom. The maximum Gasteiger partial charge on any atom is 0.286 e. The maximum absolute atomic E-state index is 12.7. The van der Waals surface area contributed by atoms with Crippen LogP contribution in [-0.4, -0.2) is 52.0 Å². The molecule has 8 nitrogen and oxygen atoms in total. The molecule has 1 aliphatic carbocycles. The zero-order valence-electron chi connectivity index (χ0n) is 16.2. The van der Waals surface area contributed by atoms with Gasteiger partial charge in [0.15, 0.2) is 0 Å². The summed E-state index contributed by atoms with van der Waals surface area (Å²) in [4.78, 5) is 38.9. The lowest BCUT2D eigenvalue weighted by molar-refractivity contribution is -0.126. The van der Waals surface area contributed by atoms with Crippen LogP contribution in [0.1, 0.15) is 50.9 Å². The van der Waals surface area contributed by atoms with Crippen molar-refractivity contribution >= 4 is 34.7 Å². The molecule has 2 aromatic rings. The standard InChI is InChI=1S/C20H23N5O3S/c1-12-2-4-14(5-3-12)22-17(27)18-23-24-19(29-18)20(28)25-10-8-13(9-11-25)16(26)21-15-6-7-15/h2-5,13,15H,6-11H2,1H3,(H,21,26)(H,22,27). The second-order valence-corrected chi connectivity index (χ2v) is 8.56. The Bertz CT molecular complexity index is 914. The summed E-state index contributed by atoms with van der Waals surface area (Å²) in [5.74, 6) is -0.561. The fourth-order valence-corrected chi connectivity index (χ4v) is 3.96. The normalized spacial score (nSPS) is 17.1. The lowest BCUT2D eigenvalue weighted by atomic mass is 9.96. The number of amides is 3. The van der Waals surface area contributed by atoms with Crippen LogP contribution in [0.2, 0.25) is 0 Å². The lowest BCUT2D eigenvalue weighted by Crippen LogP contribution is -2.43. The molecule has 1 aromatic heterocycles. The summed E-state index contributed by atoms with van der Waals surface area (Å²) in [6.45, 7) is 2.98. The molecule has 29 heavy (non-hydrogen) atoms. The minimum Gasteiger partial charge on any atom is -0.353 e. The number of benzene rings is 1. The largest absolute Gasteiger partial charge is 0.353 e. The van der Waals surface area contributed by atoms with E-state index in [2.05, 4.69) is 20.8 Å². The van der Waals surface area contributed by atoms with Gasteiger partial charge in [0.2, 0.25) is 15.9 Å². The summed E-state index contributed by atoms with van der Waals surface area (Å²) in [6.07, 6.45) is 3.42. The third-order valence-electron chi connectivity index (χ3n) is 5.19. The van der Waals surface area contributed by atoms with Gasteiger partial charge in [0.25, 0.3) is 11.8 Å². The van der Waals surface area contributed by atoms with E-state index in [0.717, 1.165) is 29.7 Å². The van der Waals surface area contributed by atoms with Crippen LogP contribution >= 0.6 is 11.3 Å². The van der Waals surface area contributed by atoms with Crippen LogP contribution in [0.15, 0.2) is 24.3 Å². The highest BCUT2D eigenvalue weighted by atomic mass is 32.1. The van der Waals surface area contributed by atoms with Crippen molar-refractivity contribution in [2.75, 3.05) is 18.4 Å². The molecule has 2 N–H and O–H groups in total. The van der Waals surface area contributed by atoms with Crippen LogP contribution in [0.5, 0.6) is 0 Å². The predicted molar refractivity (Wildman–Crippen MR) is 109 cm³/mol. The Morgan fingerprint density at radius 2 is 1.66 bits per heavy atom. The molecule has 1 aliphatic heterocycles. The summed E-state index contributed by atoms with van der Waals surface area (Å²) in [5.41, 5.74) is 1.76. The molecule has 0 radical (unpaired) electrons. The smallest absolute Gasteiger partial charge is 0.286 e. The first-order valence-corrected chi connectivity index (χ1v) is 10.6. The molecule has 0 atom stereocenters. The molecule has 2 fully saturated rings. The van der Waals surface area contributed by atoms with Crippen molar-refractivity contribution in [2.24, 2.45) is 5.92 Å².